The zero-order chi connectivity index (χ0) is 23.3. The summed E-state index contributed by atoms with van der Waals surface area (Å²) in [5, 5.41) is 0.568. The van der Waals surface area contributed by atoms with E-state index in [0.717, 1.165) is 24.0 Å². The van der Waals surface area contributed by atoms with E-state index in [-0.39, 0.29) is 12.6 Å². The number of benzene rings is 1. The van der Waals surface area contributed by atoms with E-state index >= 15 is 0 Å². The van der Waals surface area contributed by atoms with Gasteiger partial charge in [-0.3, -0.25) is 13.9 Å². The number of imidazole rings is 1. The van der Waals surface area contributed by atoms with E-state index in [9.17, 15) is 14.4 Å². The van der Waals surface area contributed by atoms with Crippen LogP contribution in [0.1, 0.15) is 25.5 Å². The summed E-state index contributed by atoms with van der Waals surface area (Å²) in [4.78, 5) is 49.4. The molecule has 3 aromatic heterocycles. The van der Waals surface area contributed by atoms with Crippen molar-refractivity contribution in [2.24, 2.45) is 12.8 Å². The first kappa shape index (κ1) is 21.1. The highest BCUT2D eigenvalue weighted by Gasteiger charge is 2.26. The average molecular weight is 451 g/mol. The Labute approximate surface area is 187 Å². The van der Waals surface area contributed by atoms with Crippen LogP contribution in [-0.4, -0.2) is 42.8 Å². The third-order valence-electron chi connectivity index (χ3n) is 6.20. The van der Waals surface area contributed by atoms with Gasteiger partial charge in [-0.05, 0) is 31.9 Å². The average Bonchev–Trinajstić information content (AvgIpc) is 3.20. The van der Waals surface area contributed by atoms with E-state index in [0.29, 0.717) is 46.9 Å². The molecule has 172 valence electrons. The van der Waals surface area contributed by atoms with Crippen LogP contribution in [0.5, 0.6) is 0 Å². The molecule has 1 atom stereocenters. The van der Waals surface area contributed by atoms with Gasteiger partial charge in [0, 0.05) is 38.1 Å². The lowest BCUT2D eigenvalue weighted by atomic mass is 10.1. The number of para-hydroxylation sites is 1. The van der Waals surface area contributed by atoms with Crippen LogP contribution < -0.4 is 27.6 Å². The summed E-state index contributed by atoms with van der Waals surface area (Å²) in [7, 11) is 1.59. The van der Waals surface area contributed by atoms with Crippen molar-refractivity contribution in [3.05, 3.63) is 61.3 Å². The molecule has 0 radical (unpaired) electrons. The molecule has 1 unspecified atom stereocenters. The van der Waals surface area contributed by atoms with E-state index in [1.165, 1.54) is 4.57 Å². The third kappa shape index (κ3) is 3.44. The molecule has 11 nitrogen and oxygen atoms in total. The SMILES string of the molecule is CCn1c(N2CCCC(N)C2)nc2c1c(=O)n(Cc1nc(=O)oc3ccccc13)c(=O)n2C. The quantitative estimate of drug-likeness (QED) is 0.471. The number of fused-ring (bicyclic) bond motifs is 2. The van der Waals surface area contributed by atoms with Gasteiger partial charge in [-0.1, -0.05) is 12.1 Å². The van der Waals surface area contributed by atoms with E-state index < -0.39 is 17.0 Å². The van der Waals surface area contributed by atoms with Gasteiger partial charge in [0.05, 0.1) is 12.2 Å². The molecule has 1 saturated heterocycles. The van der Waals surface area contributed by atoms with Gasteiger partial charge in [-0.2, -0.15) is 9.97 Å². The van der Waals surface area contributed by atoms with Gasteiger partial charge in [0.15, 0.2) is 11.2 Å². The van der Waals surface area contributed by atoms with Crippen LogP contribution in [0.15, 0.2) is 43.1 Å². The molecule has 0 bridgehead atoms. The molecule has 1 fully saturated rings. The largest absolute Gasteiger partial charge is 0.439 e. The minimum absolute atomic E-state index is 0.0356. The summed E-state index contributed by atoms with van der Waals surface area (Å²) >= 11 is 0. The zero-order valence-corrected chi connectivity index (χ0v) is 18.5. The van der Waals surface area contributed by atoms with Crippen molar-refractivity contribution >= 4 is 28.1 Å². The molecule has 11 heteroatoms. The number of piperidine rings is 1. The summed E-state index contributed by atoms with van der Waals surface area (Å²) in [6.45, 7) is 3.70. The Bertz CT molecular complexity index is 1540. The van der Waals surface area contributed by atoms with Crippen molar-refractivity contribution < 1.29 is 4.42 Å². The second kappa shape index (κ2) is 8.00. The number of rotatable bonds is 4. The van der Waals surface area contributed by atoms with Crippen molar-refractivity contribution in [1.29, 1.82) is 0 Å². The van der Waals surface area contributed by atoms with E-state index in [1.807, 2.05) is 11.5 Å². The maximum atomic E-state index is 13.6. The third-order valence-corrected chi connectivity index (χ3v) is 6.20. The van der Waals surface area contributed by atoms with Gasteiger partial charge in [0.1, 0.15) is 5.58 Å². The fourth-order valence-corrected chi connectivity index (χ4v) is 4.58. The summed E-state index contributed by atoms with van der Waals surface area (Å²) in [6.07, 6.45) is 1.88. The van der Waals surface area contributed by atoms with Gasteiger partial charge >= 0.3 is 11.4 Å². The van der Waals surface area contributed by atoms with Gasteiger partial charge in [0.2, 0.25) is 5.95 Å². The van der Waals surface area contributed by atoms with Crippen LogP contribution in [-0.2, 0) is 20.1 Å². The predicted octanol–water partition coefficient (Wildman–Crippen LogP) is 0.394. The molecule has 33 heavy (non-hydrogen) atoms. The highest BCUT2D eigenvalue weighted by Crippen LogP contribution is 2.23. The summed E-state index contributed by atoms with van der Waals surface area (Å²) < 4.78 is 9.43. The Kier molecular flexibility index (Phi) is 5.12. The molecule has 0 aliphatic carbocycles. The smallest absolute Gasteiger partial charge is 0.408 e. The van der Waals surface area contributed by atoms with Gasteiger partial charge < -0.3 is 19.6 Å². The fourth-order valence-electron chi connectivity index (χ4n) is 4.58. The highest BCUT2D eigenvalue weighted by atomic mass is 16.4. The molecule has 2 N–H and O–H groups in total. The molecular weight excluding hydrogens is 426 g/mol. The zero-order valence-electron chi connectivity index (χ0n) is 18.5. The predicted molar refractivity (Wildman–Crippen MR) is 124 cm³/mol. The molecule has 4 aromatic rings. The van der Waals surface area contributed by atoms with Crippen molar-refractivity contribution in [3.8, 4) is 0 Å². The van der Waals surface area contributed by atoms with Gasteiger partial charge in [-0.25, -0.2) is 9.59 Å². The van der Waals surface area contributed by atoms with E-state index in [1.54, 1.807) is 31.3 Å². The lowest BCUT2D eigenvalue weighted by Gasteiger charge is -2.31. The van der Waals surface area contributed by atoms with E-state index in [2.05, 4.69) is 14.9 Å². The highest BCUT2D eigenvalue weighted by molar-refractivity contribution is 5.79. The molecule has 5 rings (SSSR count). The van der Waals surface area contributed by atoms with Crippen LogP contribution in [0.3, 0.4) is 0 Å². The Morgan fingerprint density at radius 3 is 2.70 bits per heavy atom. The molecule has 1 aliphatic heterocycles. The normalized spacial score (nSPS) is 16.7. The molecular formula is C22H25N7O4. The minimum Gasteiger partial charge on any atom is -0.408 e. The minimum atomic E-state index is -0.781. The molecule has 1 aromatic carbocycles. The van der Waals surface area contributed by atoms with Gasteiger partial charge in [-0.15, -0.1) is 0 Å². The number of hydrogen-bond donors (Lipinski definition) is 1. The lowest BCUT2D eigenvalue weighted by molar-refractivity contribution is 0.494. The standard InChI is InChI=1S/C22H25N7O4/c1-3-28-17-18(25-20(28)27-10-6-7-13(23)11-27)26(2)22(32)29(19(17)30)12-15-14-8-4-5-9-16(14)33-21(31)24-15/h4-5,8-9,13H,3,6-7,10-12,23H2,1-2H3. The second-order valence-electron chi connectivity index (χ2n) is 8.33. The molecule has 1 aliphatic rings. The lowest BCUT2D eigenvalue weighted by Crippen LogP contribution is -2.44. The Morgan fingerprint density at radius 1 is 1.15 bits per heavy atom. The maximum absolute atomic E-state index is 13.6. The van der Waals surface area contributed by atoms with Crippen molar-refractivity contribution in [2.75, 3.05) is 18.0 Å². The maximum Gasteiger partial charge on any atom is 0.439 e. The van der Waals surface area contributed by atoms with Crippen molar-refractivity contribution in [1.82, 2.24) is 23.7 Å². The van der Waals surface area contributed by atoms with Crippen LogP contribution in [0.2, 0.25) is 0 Å². The Morgan fingerprint density at radius 2 is 1.94 bits per heavy atom. The Balaban J connectivity index is 1.71. The van der Waals surface area contributed by atoms with Crippen LogP contribution in [0, 0.1) is 0 Å². The number of aryl methyl sites for hydroxylation is 2. The monoisotopic (exact) mass is 451 g/mol. The van der Waals surface area contributed by atoms with Crippen molar-refractivity contribution in [3.63, 3.8) is 0 Å². The summed E-state index contributed by atoms with van der Waals surface area (Å²) in [6, 6.07) is 6.93. The first-order chi connectivity index (χ1) is 15.9. The number of hydrogen-bond acceptors (Lipinski definition) is 8. The number of nitrogens with zero attached hydrogens (tertiary/aromatic N) is 6. The van der Waals surface area contributed by atoms with Crippen molar-refractivity contribution in [2.45, 2.75) is 38.9 Å². The first-order valence-corrected chi connectivity index (χ1v) is 11.0. The Hall–Kier alpha value is -3.73. The summed E-state index contributed by atoms with van der Waals surface area (Å²) in [5.74, 6) is -0.145. The molecule has 4 heterocycles. The second-order valence-corrected chi connectivity index (χ2v) is 8.33. The van der Waals surface area contributed by atoms with E-state index in [4.69, 9.17) is 10.2 Å². The first-order valence-electron chi connectivity index (χ1n) is 11.0. The molecule has 0 amide bonds. The number of aromatic nitrogens is 5. The molecule has 0 saturated carbocycles. The van der Waals surface area contributed by atoms with Crippen LogP contribution >= 0.6 is 0 Å². The van der Waals surface area contributed by atoms with Crippen LogP contribution in [0.4, 0.5) is 5.95 Å². The van der Waals surface area contributed by atoms with Gasteiger partial charge in [0.25, 0.3) is 5.56 Å². The van der Waals surface area contributed by atoms with Crippen LogP contribution in [0.25, 0.3) is 22.1 Å². The number of anilines is 1. The topological polar surface area (TPSA) is 134 Å². The fraction of sp³-hybridized carbons (Fsp3) is 0.409. The summed E-state index contributed by atoms with van der Waals surface area (Å²) in [5.41, 5.74) is 6.45. The molecule has 0 spiro atoms. The number of nitrogens with two attached hydrogens (primary N) is 1.